The summed E-state index contributed by atoms with van der Waals surface area (Å²) in [5.41, 5.74) is 1.50. The maximum absolute atomic E-state index is 13.0. The number of nitrogens with one attached hydrogen (secondary N) is 1. The monoisotopic (exact) mass is 427 g/mol. The quantitative estimate of drug-likeness (QED) is 0.601. The molecule has 0 bridgehead atoms. The molecule has 0 saturated carbocycles. The summed E-state index contributed by atoms with van der Waals surface area (Å²) in [5.74, 6) is 0. The van der Waals surface area contributed by atoms with E-state index in [1.54, 1.807) is 46.3 Å². The first-order valence-electron chi connectivity index (χ1n) is 9.00. The average Bonchev–Trinajstić information content (AvgIpc) is 2.81. The van der Waals surface area contributed by atoms with Crippen molar-refractivity contribution in [1.82, 2.24) is 9.36 Å². The molecule has 1 aromatic heterocycles. The topological polar surface area (TPSA) is 74.5 Å². The van der Waals surface area contributed by atoms with Gasteiger partial charge in [-0.05, 0) is 46.8 Å². The maximum atomic E-state index is 13.0. The molecule has 0 saturated heterocycles. The van der Waals surface area contributed by atoms with Gasteiger partial charge in [0.05, 0.1) is 23.6 Å². The summed E-state index contributed by atoms with van der Waals surface area (Å²) in [6.45, 7) is 8.78. The molecule has 1 heterocycles. The molecule has 28 heavy (non-hydrogen) atoms. The van der Waals surface area contributed by atoms with Gasteiger partial charge in [0.25, 0.3) is 5.56 Å². The van der Waals surface area contributed by atoms with Gasteiger partial charge < -0.3 is 14.4 Å². The lowest BCUT2D eigenvalue weighted by molar-refractivity contribution is 0.148. The minimum Gasteiger partial charge on any atom is -0.354 e. The standard InChI is InChI=1S/C19H27ClN3O4P/c1-13(2)26-28(25,27-14(3)4)17(20)12-21-18-15(5)22(6)23(19(18)24)16-10-8-7-9-11-16/h7-14,21H,1-6H3/b17-12+. The summed E-state index contributed by atoms with van der Waals surface area (Å²) in [7, 11) is -1.92. The molecule has 0 fully saturated rings. The van der Waals surface area contributed by atoms with Crippen LogP contribution in [0.25, 0.3) is 5.69 Å². The van der Waals surface area contributed by atoms with Crippen LogP contribution in [-0.4, -0.2) is 21.6 Å². The Morgan fingerprint density at radius 3 is 2.18 bits per heavy atom. The lowest BCUT2D eigenvalue weighted by Crippen LogP contribution is -2.20. The molecule has 1 N–H and O–H groups in total. The molecule has 2 aromatic rings. The second-order valence-corrected chi connectivity index (χ2v) is 9.42. The number of hydrogen-bond donors (Lipinski definition) is 1. The van der Waals surface area contributed by atoms with Gasteiger partial charge >= 0.3 is 7.60 Å². The molecular weight excluding hydrogens is 401 g/mol. The van der Waals surface area contributed by atoms with Crippen LogP contribution in [0.3, 0.4) is 0 Å². The third kappa shape index (κ3) is 4.97. The van der Waals surface area contributed by atoms with Crippen LogP contribution < -0.4 is 10.9 Å². The van der Waals surface area contributed by atoms with Crippen molar-refractivity contribution < 1.29 is 13.6 Å². The molecule has 0 aliphatic carbocycles. The van der Waals surface area contributed by atoms with Crippen LogP contribution >= 0.6 is 19.2 Å². The molecule has 0 amide bonds. The van der Waals surface area contributed by atoms with Gasteiger partial charge in [0.15, 0.2) is 0 Å². The molecule has 0 aliphatic heterocycles. The van der Waals surface area contributed by atoms with Crippen LogP contribution in [0.15, 0.2) is 46.1 Å². The first-order valence-corrected chi connectivity index (χ1v) is 10.9. The van der Waals surface area contributed by atoms with E-state index in [0.717, 1.165) is 5.69 Å². The number of halogens is 1. The summed E-state index contributed by atoms with van der Waals surface area (Å²) in [5, 5.41) is 2.88. The average molecular weight is 428 g/mol. The van der Waals surface area contributed by atoms with Crippen LogP contribution in [-0.2, 0) is 20.7 Å². The van der Waals surface area contributed by atoms with Crippen molar-refractivity contribution in [2.75, 3.05) is 5.32 Å². The first-order chi connectivity index (χ1) is 13.1. The summed E-state index contributed by atoms with van der Waals surface area (Å²) < 4.78 is 27.1. The highest BCUT2D eigenvalue weighted by molar-refractivity contribution is 7.61. The number of rotatable bonds is 8. The summed E-state index contributed by atoms with van der Waals surface area (Å²) in [6, 6.07) is 9.28. The molecular formula is C19H27ClN3O4P. The normalized spacial score (nSPS) is 12.8. The van der Waals surface area contributed by atoms with E-state index in [0.29, 0.717) is 11.4 Å². The third-order valence-corrected chi connectivity index (χ3v) is 6.63. The van der Waals surface area contributed by atoms with E-state index in [1.807, 2.05) is 30.3 Å². The zero-order valence-electron chi connectivity index (χ0n) is 17.0. The first kappa shape index (κ1) is 22.5. The third-order valence-electron chi connectivity index (χ3n) is 3.85. The number of benzene rings is 1. The molecule has 0 aliphatic rings. The second kappa shape index (κ2) is 9.14. The molecule has 1 aromatic carbocycles. The van der Waals surface area contributed by atoms with Crippen molar-refractivity contribution in [1.29, 1.82) is 0 Å². The Morgan fingerprint density at radius 1 is 1.14 bits per heavy atom. The SMILES string of the molecule is Cc1c(N/C=C(\Cl)P(=O)(OC(C)C)OC(C)C)c(=O)n(-c2ccccc2)n1C. The lowest BCUT2D eigenvalue weighted by atomic mass is 10.3. The Kier molecular flexibility index (Phi) is 7.34. The van der Waals surface area contributed by atoms with Gasteiger partial charge in [0.2, 0.25) is 0 Å². The summed E-state index contributed by atoms with van der Waals surface area (Å²) in [6.07, 6.45) is 0.604. The molecule has 7 nitrogen and oxygen atoms in total. The molecule has 0 atom stereocenters. The predicted octanol–water partition coefficient (Wildman–Crippen LogP) is 4.98. The van der Waals surface area contributed by atoms with Gasteiger partial charge in [0, 0.05) is 13.2 Å². The van der Waals surface area contributed by atoms with E-state index >= 15 is 0 Å². The Morgan fingerprint density at radius 2 is 1.68 bits per heavy atom. The van der Waals surface area contributed by atoms with E-state index < -0.39 is 7.60 Å². The second-order valence-electron chi connectivity index (χ2n) is 6.85. The Labute approximate surface area is 170 Å². The van der Waals surface area contributed by atoms with Crippen molar-refractivity contribution in [2.45, 2.75) is 46.8 Å². The fourth-order valence-corrected chi connectivity index (χ4v) is 4.50. The van der Waals surface area contributed by atoms with Crippen LogP contribution in [0.1, 0.15) is 33.4 Å². The fourth-order valence-electron chi connectivity index (χ4n) is 2.63. The minimum atomic E-state index is -3.70. The van der Waals surface area contributed by atoms with Gasteiger partial charge in [0.1, 0.15) is 10.5 Å². The van der Waals surface area contributed by atoms with Gasteiger partial charge in [-0.15, -0.1) is 0 Å². The van der Waals surface area contributed by atoms with Crippen LogP contribution in [0.5, 0.6) is 0 Å². The Bertz CT molecular complexity index is 934. The Balaban J connectivity index is 2.40. The van der Waals surface area contributed by atoms with Crippen LogP contribution in [0.2, 0.25) is 0 Å². The van der Waals surface area contributed by atoms with E-state index in [4.69, 9.17) is 20.6 Å². The fraction of sp³-hybridized carbons (Fsp3) is 0.421. The minimum absolute atomic E-state index is 0.121. The van der Waals surface area contributed by atoms with Gasteiger partial charge in [-0.2, -0.15) is 0 Å². The van der Waals surface area contributed by atoms with Crippen molar-refractivity contribution in [3.63, 3.8) is 0 Å². The highest BCUT2D eigenvalue weighted by Crippen LogP contribution is 2.59. The number of hydrogen-bond acceptors (Lipinski definition) is 5. The van der Waals surface area contributed by atoms with Crippen LogP contribution in [0, 0.1) is 6.92 Å². The number of anilines is 1. The predicted molar refractivity (Wildman–Crippen MR) is 113 cm³/mol. The zero-order valence-corrected chi connectivity index (χ0v) is 18.6. The molecule has 154 valence electrons. The number of aromatic nitrogens is 2. The van der Waals surface area contributed by atoms with Crippen molar-refractivity contribution in [3.05, 3.63) is 57.4 Å². The highest BCUT2D eigenvalue weighted by atomic mass is 35.5. The molecule has 2 rings (SSSR count). The lowest BCUT2D eigenvalue weighted by Gasteiger charge is -2.22. The molecule has 0 radical (unpaired) electrons. The van der Waals surface area contributed by atoms with E-state index in [-0.39, 0.29) is 22.5 Å². The van der Waals surface area contributed by atoms with Crippen molar-refractivity contribution in [2.24, 2.45) is 7.05 Å². The maximum Gasteiger partial charge on any atom is 0.374 e. The summed E-state index contributed by atoms with van der Waals surface area (Å²) >= 11 is 6.26. The number of para-hydroxylation sites is 1. The van der Waals surface area contributed by atoms with Gasteiger partial charge in [-0.1, -0.05) is 29.8 Å². The highest BCUT2D eigenvalue weighted by Gasteiger charge is 2.32. The molecule has 0 unspecified atom stereocenters. The van der Waals surface area contributed by atoms with E-state index in [1.165, 1.54) is 10.9 Å². The van der Waals surface area contributed by atoms with Gasteiger partial charge in [-0.3, -0.25) is 14.0 Å². The van der Waals surface area contributed by atoms with Crippen LogP contribution in [0.4, 0.5) is 5.69 Å². The van der Waals surface area contributed by atoms with Crippen molar-refractivity contribution >= 4 is 24.9 Å². The largest absolute Gasteiger partial charge is 0.374 e. The smallest absolute Gasteiger partial charge is 0.354 e. The number of nitrogens with zero attached hydrogens (tertiary/aromatic N) is 2. The van der Waals surface area contributed by atoms with E-state index in [2.05, 4.69) is 5.32 Å². The molecule has 9 heteroatoms. The van der Waals surface area contributed by atoms with Crippen molar-refractivity contribution in [3.8, 4) is 5.69 Å². The van der Waals surface area contributed by atoms with E-state index in [9.17, 15) is 9.36 Å². The molecule has 0 spiro atoms. The zero-order chi connectivity index (χ0) is 21.1. The summed E-state index contributed by atoms with van der Waals surface area (Å²) in [4.78, 5) is 12.9. The Hall–Kier alpha value is -1.79. The van der Waals surface area contributed by atoms with Gasteiger partial charge in [-0.25, -0.2) is 4.68 Å².